The minimum Gasteiger partial charge on any atom is -0.348 e. The van der Waals surface area contributed by atoms with Crippen molar-refractivity contribution in [3.8, 4) is 0 Å². The molecular weight excluding hydrogens is 252 g/mol. The second kappa shape index (κ2) is 7.08. The summed E-state index contributed by atoms with van der Waals surface area (Å²) in [7, 11) is 0. The zero-order valence-corrected chi connectivity index (χ0v) is 12.9. The van der Waals surface area contributed by atoms with Gasteiger partial charge in [-0.05, 0) is 30.9 Å². The van der Waals surface area contributed by atoms with Crippen LogP contribution in [0.25, 0.3) is 0 Å². The van der Waals surface area contributed by atoms with E-state index in [1.54, 1.807) is 0 Å². The van der Waals surface area contributed by atoms with Crippen LogP contribution in [0.15, 0.2) is 24.3 Å². The lowest BCUT2D eigenvalue weighted by Crippen LogP contribution is -2.49. The van der Waals surface area contributed by atoms with Crippen molar-refractivity contribution >= 4 is 11.8 Å². The standard InChI is InChI=1S/C16H24N2O2/c1-10(2)15(18-13(5)19)16(20)17-12(4)14-9-7-6-8-11(14)3/h6-10,12,15H,1-5H3,(H,17,20)(H,18,19)/t12-,15-/m1/s1. The largest absolute Gasteiger partial charge is 0.348 e. The molecule has 0 unspecified atom stereocenters. The maximum absolute atomic E-state index is 12.3. The third-order valence-electron chi connectivity index (χ3n) is 3.32. The van der Waals surface area contributed by atoms with Crippen molar-refractivity contribution < 1.29 is 9.59 Å². The minimum atomic E-state index is -0.501. The van der Waals surface area contributed by atoms with Crippen LogP contribution in [-0.4, -0.2) is 17.9 Å². The first-order valence-electron chi connectivity index (χ1n) is 6.96. The third kappa shape index (κ3) is 4.37. The molecule has 0 spiro atoms. The van der Waals surface area contributed by atoms with E-state index in [1.807, 2.05) is 52.0 Å². The van der Waals surface area contributed by atoms with E-state index in [1.165, 1.54) is 6.92 Å². The number of carbonyl (C=O) groups excluding carboxylic acids is 2. The van der Waals surface area contributed by atoms with Gasteiger partial charge in [-0.25, -0.2) is 0 Å². The average molecular weight is 276 g/mol. The van der Waals surface area contributed by atoms with Crippen LogP contribution in [0.4, 0.5) is 0 Å². The topological polar surface area (TPSA) is 58.2 Å². The van der Waals surface area contributed by atoms with Gasteiger partial charge in [0.05, 0.1) is 6.04 Å². The summed E-state index contributed by atoms with van der Waals surface area (Å²) in [4.78, 5) is 23.5. The van der Waals surface area contributed by atoms with Crippen LogP contribution in [0.5, 0.6) is 0 Å². The fraction of sp³-hybridized carbons (Fsp3) is 0.500. The molecule has 2 N–H and O–H groups in total. The van der Waals surface area contributed by atoms with Crippen LogP contribution in [-0.2, 0) is 9.59 Å². The normalized spacial score (nSPS) is 13.7. The molecule has 4 nitrogen and oxygen atoms in total. The zero-order chi connectivity index (χ0) is 15.3. The second-order valence-corrected chi connectivity index (χ2v) is 5.51. The summed E-state index contributed by atoms with van der Waals surface area (Å²) in [6.45, 7) is 9.22. The molecule has 1 rings (SSSR count). The Bertz CT molecular complexity index is 483. The number of hydrogen-bond acceptors (Lipinski definition) is 2. The molecule has 0 radical (unpaired) electrons. The van der Waals surface area contributed by atoms with E-state index >= 15 is 0 Å². The highest BCUT2D eigenvalue weighted by Crippen LogP contribution is 2.17. The first kappa shape index (κ1) is 16.2. The number of rotatable bonds is 5. The van der Waals surface area contributed by atoms with Gasteiger partial charge in [-0.2, -0.15) is 0 Å². The number of aryl methyl sites for hydroxylation is 1. The van der Waals surface area contributed by atoms with E-state index < -0.39 is 6.04 Å². The monoisotopic (exact) mass is 276 g/mol. The molecule has 0 saturated heterocycles. The zero-order valence-electron chi connectivity index (χ0n) is 12.9. The van der Waals surface area contributed by atoms with Gasteiger partial charge in [0.25, 0.3) is 0 Å². The minimum absolute atomic E-state index is 0.0444. The number of benzene rings is 1. The Labute approximate surface area is 121 Å². The highest BCUT2D eigenvalue weighted by atomic mass is 16.2. The van der Waals surface area contributed by atoms with Crippen molar-refractivity contribution in [2.75, 3.05) is 0 Å². The van der Waals surface area contributed by atoms with Crippen LogP contribution in [0.1, 0.15) is 44.9 Å². The van der Waals surface area contributed by atoms with Gasteiger partial charge in [0.1, 0.15) is 6.04 Å². The van der Waals surface area contributed by atoms with Gasteiger partial charge in [-0.3, -0.25) is 9.59 Å². The first-order chi connectivity index (χ1) is 9.32. The summed E-state index contributed by atoms with van der Waals surface area (Å²) < 4.78 is 0. The molecule has 0 aliphatic heterocycles. The van der Waals surface area contributed by atoms with Crippen molar-refractivity contribution in [2.24, 2.45) is 5.92 Å². The molecule has 0 bridgehead atoms. The Morgan fingerprint density at radius 3 is 2.15 bits per heavy atom. The van der Waals surface area contributed by atoms with Crippen molar-refractivity contribution in [1.29, 1.82) is 0 Å². The van der Waals surface area contributed by atoms with Gasteiger partial charge in [0.2, 0.25) is 11.8 Å². The van der Waals surface area contributed by atoms with Crippen molar-refractivity contribution in [2.45, 2.75) is 46.7 Å². The van der Waals surface area contributed by atoms with E-state index in [0.29, 0.717) is 0 Å². The number of nitrogens with one attached hydrogen (secondary N) is 2. The molecule has 0 aliphatic rings. The van der Waals surface area contributed by atoms with Crippen LogP contribution in [0.3, 0.4) is 0 Å². The van der Waals surface area contributed by atoms with Crippen molar-refractivity contribution in [1.82, 2.24) is 10.6 Å². The Kier molecular flexibility index (Phi) is 5.74. The van der Waals surface area contributed by atoms with Gasteiger partial charge in [-0.1, -0.05) is 38.1 Å². The molecule has 4 heteroatoms. The Morgan fingerprint density at radius 2 is 1.65 bits per heavy atom. The molecule has 0 aliphatic carbocycles. The summed E-state index contributed by atoms with van der Waals surface area (Å²) in [5.41, 5.74) is 2.23. The third-order valence-corrected chi connectivity index (χ3v) is 3.32. The SMILES string of the molecule is CC(=O)N[C@@H](C(=O)N[C@H](C)c1ccccc1C)C(C)C. The van der Waals surface area contributed by atoms with Gasteiger partial charge in [0, 0.05) is 6.92 Å². The lowest BCUT2D eigenvalue weighted by Gasteiger charge is -2.24. The Balaban J connectivity index is 2.78. The van der Waals surface area contributed by atoms with Gasteiger partial charge in [-0.15, -0.1) is 0 Å². The first-order valence-corrected chi connectivity index (χ1v) is 6.96. The van der Waals surface area contributed by atoms with E-state index in [-0.39, 0.29) is 23.8 Å². The molecule has 0 heterocycles. The fourth-order valence-corrected chi connectivity index (χ4v) is 2.21. The summed E-state index contributed by atoms with van der Waals surface area (Å²) in [5, 5.41) is 5.67. The van der Waals surface area contributed by atoms with E-state index in [0.717, 1.165) is 11.1 Å². The summed E-state index contributed by atoms with van der Waals surface area (Å²) in [5.74, 6) is -0.295. The molecule has 110 valence electrons. The average Bonchev–Trinajstić information content (AvgIpc) is 2.35. The van der Waals surface area contributed by atoms with E-state index in [9.17, 15) is 9.59 Å². The second-order valence-electron chi connectivity index (χ2n) is 5.51. The van der Waals surface area contributed by atoms with Crippen molar-refractivity contribution in [3.63, 3.8) is 0 Å². The molecule has 20 heavy (non-hydrogen) atoms. The van der Waals surface area contributed by atoms with E-state index in [2.05, 4.69) is 10.6 Å². The summed E-state index contributed by atoms with van der Waals surface area (Å²) in [6.07, 6.45) is 0. The van der Waals surface area contributed by atoms with Gasteiger partial charge in [0.15, 0.2) is 0 Å². The predicted octanol–water partition coefficient (Wildman–Crippen LogP) is 2.33. The van der Waals surface area contributed by atoms with Gasteiger partial charge < -0.3 is 10.6 Å². The fourth-order valence-electron chi connectivity index (χ4n) is 2.21. The Hall–Kier alpha value is -1.84. The molecular formula is C16H24N2O2. The number of amides is 2. The van der Waals surface area contributed by atoms with Crippen LogP contribution < -0.4 is 10.6 Å². The molecule has 2 amide bonds. The Morgan fingerprint density at radius 1 is 1.05 bits per heavy atom. The molecule has 2 atom stereocenters. The highest BCUT2D eigenvalue weighted by Gasteiger charge is 2.24. The van der Waals surface area contributed by atoms with Crippen LogP contribution >= 0.6 is 0 Å². The molecule has 0 saturated carbocycles. The molecule has 1 aromatic carbocycles. The molecule has 1 aromatic rings. The smallest absolute Gasteiger partial charge is 0.243 e. The highest BCUT2D eigenvalue weighted by molar-refractivity contribution is 5.87. The molecule has 0 fully saturated rings. The quantitative estimate of drug-likeness (QED) is 0.867. The lowest BCUT2D eigenvalue weighted by molar-refractivity contribution is -0.129. The maximum atomic E-state index is 12.3. The number of hydrogen-bond donors (Lipinski definition) is 2. The predicted molar refractivity (Wildman–Crippen MR) is 80.2 cm³/mol. The lowest BCUT2D eigenvalue weighted by atomic mass is 10.00. The summed E-state index contributed by atoms with van der Waals surface area (Å²) in [6, 6.07) is 7.37. The van der Waals surface area contributed by atoms with Crippen LogP contribution in [0.2, 0.25) is 0 Å². The van der Waals surface area contributed by atoms with Crippen LogP contribution in [0, 0.1) is 12.8 Å². The summed E-state index contributed by atoms with van der Waals surface area (Å²) >= 11 is 0. The van der Waals surface area contributed by atoms with Crippen molar-refractivity contribution in [3.05, 3.63) is 35.4 Å². The molecule has 0 aromatic heterocycles. The maximum Gasteiger partial charge on any atom is 0.243 e. The van der Waals surface area contributed by atoms with Gasteiger partial charge >= 0.3 is 0 Å². The number of carbonyl (C=O) groups is 2. The van der Waals surface area contributed by atoms with E-state index in [4.69, 9.17) is 0 Å².